The molecule has 0 amide bonds. The van der Waals surface area contributed by atoms with Gasteiger partial charge in [-0.05, 0) is 6.92 Å². The second kappa shape index (κ2) is 7.82. The first kappa shape index (κ1) is 17.0. The molecule has 0 fully saturated rings. The lowest BCUT2D eigenvalue weighted by molar-refractivity contribution is 0.576. The summed E-state index contributed by atoms with van der Waals surface area (Å²) in [4.78, 5) is 18.8. The van der Waals surface area contributed by atoms with Crippen LogP contribution in [0.15, 0.2) is 60.5 Å². The van der Waals surface area contributed by atoms with Crippen LogP contribution in [0.4, 0.5) is 0 Å². The average Bonchev–Trinajstić information content (AvgIpc) is 3.37. The molecule has 0 radical (unpaired) electrons. The normalized spacial score (nSPS) is 12.2. The molecule has 4 aromatic rings. The molecule has 26 heavy (non-hydrogen) atoms. The summed E-state index contributed by atoms with van der Waals surface area (Å²) in [5, 5.41) is 7.62. The highest BCUT2D eigenvalue weighted by atomic mass is 32.1. The number of benzene rings is 1. The first-order valence-electron chi connectivity index (χ1n) is 8.25. The monoisotopic (exact) mass is 379 g/mol. The van der Waals surface area contributed by atoms with Crippen LogP contribution in [-0.4, -0.2) is 19.9 Å². The predicted molar refractivity (Wildman–Crippen MR) is 106 cm³/mol. The lowest BCUT2D eigenvalue weighted by Gasteiger charge is -2.09. The van der Waals surface area contributed by atoms with Crippen molar-refractivity contribution in [1.82, 2.24) is 25.3 Å². The van der Waals surface area contributed by atoms with Crippen LogP contribution in [0, 0.1) is 0 Å². The van der Waals surface area contributed by atoms with Gasteiger partial charge in [-0.1, -0.05) is 30.3 Å². The van der Waals surface area contributed by atoms with Crippen LogP contribution in [0.2, 0.25) is 0 Å². The van der Waals surface area contributed by atoms with Gasteiger partial charge in [0.1, 0.15) is 15.7 Å². The third-order valence-electron chi connectivity index (χ3n) is 3.88. The number of nitrogens with one attached hydrogen (secondary N) is 1. The molecule has 1 atom stereocenters. The summed E-state index contributed by atoms with van der Waals surface area (Å²) in [5.41, 5.74) is 2.99. The van der Waals surface area contributed by atoms with E-state index in [0.29, 0.717) is 0 Å². The van der Waals surface area contributed by atoms with E-state index in [1.165, 1.54) is 0 Å². The van der Waals surface area contributed by atoms with Gasteiger partial charge in [0.15, 0.2) is 0 Å². The largest absolute Gasteiger partial charge is 0.303 e. The van der Waals surface area contributed by atoms with Crippen molar-refractivity contribution in [2.75, 3.05) is 0 Å². The van der Waals surface area contributed by atoms with Gasteiger partial charge in [-0.25, -0.2) is 9.97 Å². The summed E-state index contributed by atoms with van der Waals surface area (Å²) in [7, 11) is 0. The Morgan fingerprint density at radius 1 is 1.04 bits per heavy atom. The van der Waals surface area contributed by atoms with Crippen LogP contribution in [0.1, 0.15) is 22.9 Å². The van der Waals surface area contributed by atoms with Crippen molar-refractivity contribution >= 4 is 22.7 Å². The first-order chi connectivity index (χ1) is 12.8. The van der Waals surface area contributed by atoms with Crippen molar-refractivity contribution in [3.8, 4) is 22.0 Å². The zero-order valence-electron chi connectivity index (χ0n) is 14.2. The second-order valence-corrected chi connectivity index (χ2v) is 7.77. The van der Waals surface area contributed by atoms with E-state index in [1.807, 2.05) is 24.4 Å². The maximum absolute atomic E-state index is 4.77. The van der Waals surface area contributed by atoms with Gasteiger partial charge in [-0.15, -0.1) is 22.7 Å². The minimum atomic E-state index is 0.180. The van der Waals surface area contributed by atoms with Gasteiger partial charge in [-0.3, -0.25) is 9.97 Å². The van der Waals surface area contributed by atoms with E-state index in [9.17, 15) is 0 Å². The molecule has 3 aromatic heterocycles. The Hall–Kier alpha value is -2.48. The fraction of sp³-hybridized carbons (Fsp3) is 0.158. The summed E-state index contributed by atoms with van der Waals surface area (Å²) in [5.74, 6) is 0. The van der Waals surface area contributed by atoms with Gasteiger partial charge in [0, 0.05) is 41.0 Å². The van der Waals surface area contributed by atoms with Crippen LogP contribution in [0.25, 0.3) is 22.0 Å². The SMILES string of the molecule is CC(NCc1cnc(-c2cnccn2)s1)c1nc(-c2ccccc2)cs1. The van der Waals surface area contributed by atoms with Crippen molar-refractivity contribution in [1.29, 1.82) is 0 Å². The van der Waals surface area contributed by atoms with Gasteiger partial charge >= 0.3 is 0 Å². The molecule has 130 valence electrons. The lowest BCUT2D eigenvalue weighted by Crippen LogP contribution is -2.17. The summed E-state index contributed by atoms with van der Waals surface area (Å²) in [6.45, 7) is 2.89. The molecule has 0 aliphatic carbocycles. The van der Waals surface area contributed by atoms with E-state index in [2.05, 4.69) is 44.7 Å². The molecule has 0 aliphatic heterocycles. The predicted octanol–water partition coefficient (Wildman–Crippen LogP) is 4.57. The van der Waals surface area contributed by atoms with Gasteiger partial charge in [-0.2, -0.15) is 0 Å². The second-order valence-electron chi connectivity index (χ2n) is 5.76. The Morgan fingerprint density at radius 2 is 1.92 bits per heavy atom. The Morgan fingerprint density at radius 3 is 2.73 bits per heavy atom. The fourth-order valence-corrected chi connectivity index (χ4v) is 4.17. The third kappa shape index (κ3) is 3.85. The number of hydrogen-bond donors (Lipinski definition) is 1. The number of rotatable bonds is 6. The molecule has 0 spiro atoms. The summed E-state index contributed by atoms with van der Waals surface area (Å²) >= 11 is 3.32. The minimum Gasteiger partial charge on any atom is -0.303 e. The molecule has 1 N–H and O–H groups in total. The maximum Gasteiger partial charge on any atom is 0.143 e. The van der Waals surface area contributed by atoms with Crippen LogP contribution in [0.5, 0.6) is 0 Å². The molecule has 0 bridgehead atoms. The molecule has 5 nitrogen and oxygen atoms in total. The molecule has 0 aliphatic rings. The Bertz CT molecular complexity index is 966. The highest BCUT2D eigenvalue weighted by Gasteiger charge is 2.12. The van der Waals surface area contributed by atoms with E-state index in [0.717, 1.165) is 38.4 Å². The molecule has 1 unspecified atom stereocenters. The molecular weight excluding hydrogens is 362 g/mol. The van der Waals surface area contributed by atoms with Gasteiger partial charge < -0.3 is 5.32 Å². The standard InChI is InChI=1S/C19H17N5S2/c1-13(18-24-17(12-25-18)14-5-3-2-4-6-14)22-9-15-10-23-19(26-15)16-11-20-7-8-21-16/h2-8,10-13,22H,9H2,1H3. The smallest absolute Gasteiger partial charge is 0.143 e. The zero-order chi connectivity index (χ0) is 17.8. The van der Waals surface area contributed by atoms with Crippen LogP contribution >= 0.6 is 22.7 Å². The summed E-state index contributed by atoms with van der Waals surface area (Å²) in [6.07, 6.45) is 6.98. The van der Waals surface area contributed by atoms with Crippen LogP contribution in [-0.2, 0) is 6.54 Å². The topological polar surface area (TPSA) is 63.6 Å². The Labute approximate surface area is 159 Å². The summed E-state index contributed by atoms with van der Waals surface area (Å²) in [6, 6.07) is 10.4. The highest BCUT2D eigenvalue weighted by Crippen LogP contribution is 2.26. The van der Waals surface area contributed by atoms with Crippen LogP contribution < -0.4 is 5.32 Å². The minimum absolute atomic E-state index is 0.180. The van der Waals surface area contributed by atoms with E-state index >= 15 is 0 Å². The molecule has 3 heterocycles. The van der Waals surface area contributed by atoms with Crippen molar-refractivity contribution in [2.45, 2.75) is 19.5 Å². The number of thiazole rings is 2. The van der Waals surface area contributed by atoms with Gasteiger partial charge in [0.25, 0.3) is 0 Å². The van der Waals surface area contributed by atoms with Crippen molar-refractivity contribution < 1.29 is 0 Å². The summed E-state index contributed by atoms with van der Waals surface area (Å²) < 4.78 is 0. The molecule has 7 heteroatoms. The third-order valence-corrected chi connectivity index (χ3v) is 5.93. The molecule has 1 aromatic carbocycles. The van der Waals surface area contributed by atoms with Crippen LogP contribution in [0.3, 0.4) is 0 Å². The molecular formula is C19H17N5S2. The van der Waals surface area contributed by atoms with E-state index in [4.69, 9.17) is 4.98 Å². The Kier molecular flexibility index (Phi) is 5.10. The van der Waals surface area contributed by atoms with Crippen molar-refractivity contribution in [2.24, 2.45) is 0 Å². The number of nitrogens with zero attached hydrogens (tertiary/aromatic N) is 4. The van der Waals surface area contributed by atoms with E-state index in [-0.39, 0.29) is 6.04 Å². The van der Waals surface area contributed by atoms with Gasteiger partial charge in [0.2, 0.25) is 0 Å². The van der Waals surface area contributed by atoms with E-state index in [1.54, 1.807) is 41.3 Å². The van der Waals surface area contributed by atoms with Gasteiger partial charge in [0.05, 0.1) is 17.9 Å². The first-order valence-corrected chi connectivity index (χ1v) is 9.94. The zero-order valence-corrected chi connectivity index (χ0v) is 15.8. The van der Waals surface area contributed by atoms with Crippen molar-refractivity contribution in [3.05, 3.63) is 70.4 Å². The molecule has 0 saturated heterocycles. The fourth-order valence-electron chi connectivity index (χ4n) is 2.49. The number of aromatic nitrogens is 4. The quantitative estimate of drug-likeness (QED) is 0.531. The maximum atomic E-state index is 4.77. The Balaban J connectivity index is 1.39. The lowest BCUT2D eigenvalue weighted by atomic mass is 10.2. The van der Waals surface area contributed by atoms with E-state index < -0.39 is 0 Å². The molecule has 0 saturated carbocycles. The number of hydrogen-bond acceptors (Lipinski definition) is 7. The average molecular weight is 380 g/mol. The van der Waals surface area contributed by atoms with Crippen molar-refractivity contribution in [3.63, 3.8) is 0 Å². The molecule has 4 rings (SSSR count). The highest BCUT2D eigenvalue weighted by molar-refractivity contribution is 7.15.